The Kier molecular flexibility index (Phi) is 4.21. The van der Waals surface area contributed by atoms with Crippen LogP contribution in [0, 0.1) is 0 Å². The molecule has 23 heavy (non-hydrogen) atoms. The highest BCUT2D eigenvalue weighted by molar-refractivity contribution is 6.31. The number of halogens is 1. The zero-order valence-electron chi connectivity index (χ0n) is 12.7. The summed E-state index contributed by atoms with van der Waals surface area (Å²) in [4.78, 5) is 8.52. The number of hydrogen-bond acceptors (Lipinski definition) is 5. The van der Waals surface area contributed by atoms with E-state index in [-0.39, 0.29) is 11.8 Å². The standard InChI is InChI=1S/C17H16ClN3O2/c1-10(14-8-12(23-2)4-6-16(14)22)21-17-13-5-3-11(18)7-15(13)19-9-20-17/h3-10,22H,1-2H3,(H,19,20,21). The topological polar surface area (TPSA) is 67.3 Å². The van der Waals surface area contributed by atoms with Crippen molar-refractivity contribution in [3.05, 3.63) is 53.3 Å². The van der Waals surface area contributed by atoms with E-state index >= 15 is 0 Å². The van der Waals surface area contributed by atoms with Gasteiger partial charge in [-0.3, -0.25) is 0 Å². The van der Waals surface area contributed by atoms with Gasteiger partial charge in [-0.2, -0.15) is 0 Å². The van der Waals surface area contributed by atoms with Crippen LogP contribution >= 0.6 is 11.6 Å². The van der Waals surface area contributed by atoms with Crippen molar-refractivity contribution in [1.82, 2.24) is 9.97 Å². The van der Waals surface area contributed by atoms with Gasteiger partial charge in [0.2, 0.25) is 0 Å². The van der Waals surface area contributed by atoms with Crippen LogP contribution in [0.15, 0.2) is 42.7 Å². The van der Waals surface area contributed by atoms with Crippen molar-refractivity contribution in [2.75, 3.05) is 12.4 Å². The zero-order valence-corrected chi connectivity index (χ0v) is 13.5. The second kappa shape index (κ2) is 6.30. The van der Waals surface area contributed by atoms with Crippen molar-refractivity contribution in [2.24, 2.45) is 0 Å². The first-order valence-electron chi connectivity index (χ1n) is 7.12. The smallest absolute Gasteiger partial charge is 0.137 e. The summed E-state index contributed by atoms with van der Waals surface area (Å²) in [7, 11) is 1.59. The van der Waals surface area contributed by atoms with E-state index < -0.39 is 0 Å². The highest BCUT2D eigenvalue weighted by Crippen LogP contribution is 2.31. The molecule has 0 spiro atoms. The minimum atomic E-state index is -0.168. The number of nitrogens with one attached hydrogen (secondary N) is 1. The van der Waals surface area contributed by atoms with E-state index in [0.29, 0.717) is 16.6 Å². The summed E-state index contributed by atoms with van der Waals surface area (Å²) in [5, 5.41) is 14.9. The van der Waals surface area contributed by atoms with Crippen LogP contribution in [0.25, 0.3) is 10.9 Å². The predicted octanol–water partition coefficient (Wildman–Crippen LogP) is 4.17. The Bertz CT molecular complexity index is 854. The van der Waals surface area contributed by atoms with E-state index in [4.69, 9.17) is 16.3 Å². The molecular weight excluding hydrogens is 314 g/mol. The maximum Gasteiger partial charge on any atom is 0.137 e. The maximum atomic E-state index is 10.1. The number of aromatic hydroxyl groups is 1. The molecule has 0 amide bonds. The summed E-state index contributed by atoms with van der Waals surface area (Å²) in [5.41, 5.74) is 1.49. The molecule has 0 aliphatic heterocycles. The summed E-state index contributed by atoms with van der Waals surface area (Å²) in [6.45, 7) is 1.94. The van der Waals surface area contributed by atoms with Gasteiger partial charge in [0.05, 0.1) is 18.7 Å². The van der Waals surface area contributed by atoms with Gasteiger partial charge < -0.3 is 15.2 Å². The number of anilines is 1. The van der Waals surface area contributed by atoms with Gasteiger partial charge in [-0.25, -0.2) is 9.97 Å². The maximum absolute atomic E-state index is 10.1. The van der Waals surface area contributed by atoms with Crippen LogP contribution in [0.5, 0.6) is 11.5 Å². The largest absolute Gasteiger partial charge is 0.508 e. The fourth-order valence-electron chi connectivity index (χ4n) is 2.43. The SMILES string of the molecule is COc1ccc(O)c(C(C)Nc2ncnc3cc(Cl)ccc23)c1. The Hall–Kier alpha value is -2.53. The minimum Gasteiger partial charge on any atom is -0.508 e. The van der Waals surface area contributed by atoms with E-state index in [1.165, 1.54) is 6.33 Å². The van der Waals surface area contributed by atoms with Crippen LogP contribution < -0.4 is 10.1 Å². The van der Waals surface area contributed by atoms with Gasteiger partial charge in [-0.05, 0) is 43.3 Å². The first kappa shape index (κ1) is 15.4. The van der Waals surface area contributed by atoms with Crippen molar-refractivity contribution in [1.29, 1.82) is 0 Å². The van der Waals surface area contributed by atoms with E-state index in [0.717, 1.165) is 16.5 Å². The number of aromatic nitrogens is 2. The second-order valence-electron chi connectivity index (χ2n) is 5.17. The molecule has 118 valence electrons. The van der Waals surface area contributed by atoms with E-state index in [2.05, 4.69) is 15.3 Å². The van der Waals surface area contributed by atoms with Crippen molar-refractivity contribution in [2.45, 2.75) is 13.0 Å². The molecule has 6 heteroatoms. The molecule has 1 heterocycles. The average molecular weight is 330 g/mol. The monoisotopic (exact) mass is 329 g/mol. The van der Waals surface area contributed by atoms with Gasteiger partial charge in [0, 0.05) is 16.0 Å². The lowest BCUT2D eigenvalue weighted by Crippen LogP contribution is -2.09. The molecular formula is C17H16ClN3O2. The quantitative estimate of drug-likeness (QED) is 0.752. The number of phenols is 1. The molecule has 0 saturated heterocycles. The Morgan fingerprint density at radius 3 is 2.78 bits per heavy atom. The van der Waals surface area contributed by atoms with Gasteiger partial charge in [0.1, 0.15) is 23.6 Å². The van der Waals surface area contributed by atoms with E-state index in [1.54, 1.807) is 37.4 Å². The Morgan fingerprint density at radius 1 is 1.17 bits per heavy atom. The first-order valence-corrected chi connectivity index (χ1v) is 7.50. The number of phenolic OH excluding ortho intramolecular Hbond substituents is 1. The molecule has 2 N–H and O–H groups in total. The van der Waals surface area contributed by atoms with Gasteiger partial charge in [0.25, 0.3) is 0 Å². The average Bonchev–Trinajstić information content (AvgIpc) is 2.55. The normalized spacial score (nSPS) is 12.1. The molecule has 0 radical (unpaired) electrons. The predicted molar refractivity (Wildman–Crippen MR) is 91.2 cm³/mol. The number of rotatable bonds is 4. The molecule has 0 fully saturated rings. The summed E-state index contributed by atoms with van der Waals surface area (Å²) >= 11 is 6.00. The van der Waals surface area contributed by atoms with Gasteiger partial charge in [-0.1, -0.05) is 11.6 Å². The lowest BCUT2D eigenvalue weighted by molar-refractivity contribution is 0.410. The molecule has 0 saturated carbocycles. The fourth-order valence-corrected chi connectivity index (χ4v) is 2.60. The first-order chi connectivity index (χ1) is 11.1. The molecule has 1 atom stereocenters. The van der Waals surface area contributed by atoms with Crippen molar-refractivity contribution >= 4 is 28.3 Å². The Labute approximate surface area is 138 Å². The number of hydrogen-bond donors (Lipinski definition) is 2. The molecule has 2 aromatic carbocycles. The Morgan fingerprint density at radius 2 is 2.00 bits per heavy atom. The molecule has 1 aromatic heterocycles. The van der Waals surface area contributed by atoms with Crippen LogP contribution in [0.1, 0.15) is 18.5 Å². The molecule has 1 unspecified atom stereocenters. The highest BCUT2D eigenvalue weighted by atomic mass is 35.5. The van der Waals surface area contributed by atoms with Gasteiger partial charge in [-0.15, -0.1) is 0 Å². The zero-order chi connectivity index (χ0) is 16.4. The van der Waals surface area contributed by atoms with Crippen molar-refractivity contribution < 1.29 is 9.84 Å². The number of fused-ring (bicyclic) bond motifs is 1. The van der Waals surface area contributed by atoms with Crippen molar-refractivity contribution in [3.63, 3.8) is 0 Å². The van der Waals surface area contributed by atoms with Crippen LogP contribution in [-0.2, 0) is 0 Å². The summed E-state index contributed by atoms with van der Waals surface area (Å²) in [5.74, 6) is 1.57. The molecule has 3 rings (SSSR count). The van der Waals surface area contributed by atoms with Gasteiger partial charge >= 0.3 is 0 Å². The van der Waals surface area contributed by atoms with Crippen molar-refractivity contribution in [3.8, 4) is 11.5 Å². The molecule has 0 bridgehead atoms. The highest BCUT2D eigenvalue weighted by Gasteiger charge is 2.14. The fraction of sp³-hybridized carbons (Fsp3) is 0.176. The van der Waals surface area contributed by atoms with Crippen LogP contribution in [0.4, 0.5) is 5.82 Å². The Balaban J connectivity index is 1.96. The lowest BCUT2D eigenvalue weighted by Gasteiger charge is -2.18. The van der Waals surface area contributed by atoms with Gasteiger partial charge in [0.15, 0.2) is 0 Å². The lowest BCUT2D eigenvalue weighted by atomic mass is 10.1. The minimum absolute atomic E-state index is 0.168. The van der Waals surface area contributed by atoms with Crippen LogP contribution in [0.3, 0.4) is 0 Å². The molecule has 0 aliphatic carbocycles. The number of ether oxygens (including phenoxy) is 1. The number of nitrogens with zero attached hydrogens (tertiary/aromatic N) is 2. The summed E-state index contributed by atoms with van der Waals surface area (Å²) < 4.78 is 5.21. The molecule has 3 aromatic rings. The van der Waals surface area contributed by atoms with Crippen LogP contribution in [0.2, 0.25) is 5.02 Å². The third-order valence-corrected chi connectivity index (χ3v) is 3.89. The summed E-state index contributed by atoms with van der Waals surface area (Å²) in [6, 6.07) is 10.4. The third kappa shape index (κ3) is 3.14. The third-order valence-electron chi connectivity index (χ3n) is 3.65. The van der Waals surface area contributed by atoms with E-state index in [9.17, 15) is 5.11 Å². The molecule has 5 nitrogen and oxygen atoms in total. The van der Waals surface area contributed by atoms with Crippen LogP contribution in [-0.4, -0.2) is 22.2 Å². The number of benzene rings is 2. The van der Waals surface area contributed by atoms with E-state index in [1.807, 2.05) is 13.0 Å². The number of methoxy groups -OCH3 is 1. The summed E-state index contributed by atoms with van der Waals surface area (Å²) in [6.07, 6.45) is 1.49. The second-order valence-corrected chi connectivity index (χ2v) is 5.61. The molecule has 0 aliphatic rings.